The number of carbonyl (C=O) groups excluding carboxylic acids is 4. The topological polar surface area (TPSA) is 184 Å². The average Bonchev–Trinajstić information content (AvgIpc) is 4.01. The number of benzene rings is 3. The number of nitrogens with one attached hydrogen (secondary N) is 4. The largest absolute Gasteiger partial charge is 0.453 e. The first-order chi connectivity index (χ1) is 27.4. The number of fused-ring (bicyclic) bond motifs is 2. The number of carbonyl (C=O) groups is 4. The van der Waals surface area contributed by atoms with Gasteiger partial charge in [0.05, 0.1) is 56.4 Å². The molecule has 3 aromatic carbocycles. The number of nitrogens with zero attached hydrogens (tertiary/aromatic N) is 4. The minimum absolute atomic E-state index is 0.112. The van der Waals surface area contributed by atoms with Crippen LogP contribution in [0.4, 0.5) is 9.59 Å². The summed E-state index contributed by atoms with van der Waals surface area (Å²) in [6.45, 7) is 9.19. The molecule has 5 aromatic rings. The quantitative estimate of drug-likeness (QED) is 0.130. The van der Waals surface area contributed by atoms with Crippen molar-refractivity contribution in [1.82, 2.24) is 40.4 Å². The molecule has 0 radical (unpaired) electrons. The predicted octanol–water partition coefficient (Wildman–Crippen LogP) is 6.10. The summed E-state index contributed by atoms with van der Waals surface area (Å²) in [5.41, 5.74) is 5.48. The van der Waals surface area contributed by atoms with Crippen molar-refractivity contribution in [1.29, 1.82) is 0 Å². The monoisotopic (exact) mass is 778 g/mol. The zero-order valence-electron chi connectivity index (χ0n) is 33.1. The Bertz CT molecular complexity index is 2280. The Hall–Kier alpha value is -5.96. The Kier molecular flexibility index (Phi) is 11.5. The summed E-state index contributed by atoms with van der Waals surface area (Å²) in [6.07, 6.45) is 2.14. The molecule has 4 unspecified atom stereocenters. The minimum atomic E-state index is -0.753. The fourth-order valence-corrected chi connectivity index (χ4v) is 7.78. The number of rotatable bonds is 10. The van der Waals surface area contributed by atoms with Crippen molar-refractivity contribution in [2.45, 2.75) is 64.7 Å². The third-order valence-electron chi connectivity index (χ3n) is 10.9. The van der Waals surface area contributed by atoms with E-state index < -0.39 is 30.3 Å². The zero-order valence-corrected chi connectivity index (χ0v) is 33.1. The molecule has 2 aliphatic rings. The summed E-state index contributed by atoms with van der Waals surface area (Å²) < 4.78 is 15.3. The molecule has 15 heteroatoms. The van der Waals surface area contributed by atoms with Gasteiger partial charge in [0.1, 0.15) is 29.8 Å². The Labute approximate surface area is 330 Å². The molecule has 0 aliphatic carbocycles. The Morgan fingerprint density at radius 3 is 2.00 bits per heavy atom. The summed E-state index contributed by atoms with van der Waals surface area (Å²) in [5, 5.41) is 7.52. The van der Waals surface area contributed by atoms with Crippen molar-refractivity contribution in [2.75, 3.05) is 40.5 Å². The Morgan fingerprint density at radius 2 is 1.35 bits per heavy atom. The van der Waals surface area contributed by atoms with Crippen molar-refractivity contribution in [3.05, 3.63) is 72.4 Å². The number of alkyl carbamates (subject to hydrolysis) is 2. The second kappa shape index (κ2) is 16.6. The van der Waals surface area contributed by atoms with Crippen molar-refractivity contribution >= 4 is 45.8 Å². The minimum Gasteiger partial charge on any atom is -0.453 e. The number of methoxy groups -OCH3 is 2. The summed E-state index contributed by atoms with van der Waals surface area (Å²) in [6, 6.07) is 16.6. The van der Waals surface area contributed by atoms with Gasteiger partial charge in [-0.1, -0.05) is 58.0 Å². The number of ether oxygens (including phenoxy) is 3. The molecular formula is C42H50N8O7. The van der Waals surface area contributed by atoms with E-state index in [-0.39, 0.29) is 36.3 Å². The number of H-pyrrole nitrogens is 2. The van der Waals surface area contributed by atoms with Gasteiger partial charge in [0.15, 0.2) is 0 Å². The van der Waals surface area contributed by atoms with Crippen molar-refractivity contribution in [2.24, 2.45) is 11.8 Å². The highest BCUT2D eigenvalue weighted by molar-refractivity contribution is 5.92. The number of aromatic nitrogens is 4. The molecule has 7 rings (SSSR count). The lowest BCUT2D eigenvalue weighted by atomic mass is 9.99. The molecule has 0 bridgehead atoms. The molecule has 2 aliphatic heterocycles. The molecule has 2 aromatic heterocycles. The van der Waals surface area contributed by atoms with Gasteiger partial charge < -0.3 is 44.6 Å². The number of hydrogen-bond acceptors (Lipinski definition) is 9. The molecule has 4 amide bonds. The van der Waals surface area contributed by atoms with Crippen molar-refractivity contribution in [3.8, 4) is 22.4 Å². The molecule has 4 heterocycles. The van der Waals surface area contributed by atoms with Crippen LogP contribution in [0, 0.1) is 11.8 Å². The Morgan fingerprint density at radius 1 is 0.754 bits per heavy atom. The molecule has 300 valence electrons. The highest BCUT2D eigenvalue weighted by Crippen LogP contribution is 2.35. The summed E-state index contributed by atoms with van der Waals surface area (Å²) in [5.74, 6) is 0.712. The molecule has 4 N–H and O–H groups in total. The van der Waals surface area contributed by atoms with Crippen LogP contribution in [0.3, 0.4) is 0 Å². The van der Waals surface area contributed by atoms with Crippen LogP contribution in [0.15, 0.2) is 60.8 Å². The van der Waals surface area contributed by atoms with Gasteiger partial charge in [-0.3, -0.25) is 9.59 Å². The number of likely N-dealkylation sites (tertiary alicyclic amines) is 1. The maximum atomic E-state index is 13.7. The van der Waals surface area contributed by atoms with E-state index in [4.69, 9.17) is 24.2 Å². The van der Waals surface area contributed by atoms with Gasteiger partial charge in [-0.15, -0.1) is 0 Å². The predicted molar refractivity (Wildman–Crippen MR) is 214 cm³/mol. The maximum absolute atomic E-state index is 13.7. The van der Waals surface area contributed by atoms with Gasteiger partial charge in [-0.25, -0.2) is 19.6 Å². The number of amides is 4. The van der Waals surface area contributed by atoms with E-state index in [9.17, 15) is 19.2 Å². The smallest absolute Gasteiger partial charge is 0.407 e. The van der Waals surface area contributed by atoms with Crippen molar-refractivity contribution in [3.63, 3.8) is 0 Å². The molecule has 4 atom stereocenters. The summed E-state index contributed by atoms with van der Waals surface area (Å²) in [4.78, 5) is 71.3. The second-order valence-corrected chi connectivity index (χ2v) is 15.3. The first kappa shape index (κ1) is 39.3. The third-order valence-corrected chi connectivity index (χ3v) is 10.9. The lowest BCUT2D eigenvalue weighted by Crippen LogP contribution is -2.54. The number of hydrogen-bond donors (Lipinski definition) is 4. The van der Waals surface area contributed by atoms with E-state index in [2.05, 4.69) is 63.1 Å². The molecule has 0 saturated carbocycles. The van der Waals surface area contributed by atoms with Crippen LogP contribution in [-0.4, -0.2) is 106 Å². The SMILES string of the molecule is COC(=O)NC(C(=O)N1CCCC1c1ncc(-c2ccc3cc(-c4ccc5nc(C6COCCN6C(=O)C(NC(=O)OC)C(C)C)[nH]c5c4)ccc3c2)[nH]1)C(C)C. The van der Waals surface area contributed by atoms with Gasteiger partial charge in [-0.05, 0) is 70.8 Å². The van der Waals surface area contributed by atoms with Crippen LogP contribution in [0.5, 0.6) is 0 Å². The van der Waals surface area contributed by atoms with E-state index in [0.29, 0.717) is 25.5 Å². The van der Waals surface area contributed by atoms with E-state index in [1.807, 2.05) is 50.9 Å². The number of aromatic amines is 2. The van der Waals surface area contributed by atoms with E-state index in [0.717, 1.165) is 62.9 Å². The molecule has 0 spiro atoms. The molecule has 2 fully saturated rings. The molecular weight excluding hydrogens is 729 g/mol. The molecule has 15 nitrogen and oxygen atoms in total. The normalized spacial score (nSPS) is 18.2. The zero-order chi connectivity index (χ0) is 40.4. The van der Waals surface area contributed by atoms with Crippen LogP contribution in [-0.2, 0) is 23.8 Å². The fraction of sp³-hybridized carbons (Fsp3) is 0.429. The van der Waals surface area contributed by atoms with Crippen LogP contribution in [0.2, 0.25) is 0 Å². The highest BCUT2D eigenvalue weighted by atomic mass is 16.5. The van der Waals surface area contributed by atoms with E-state index >= 15 is 0 Å². The Balaban J connectivity index is 1.08. The standard InChI is InChI=1S/C42H50N8O7/c1-23(2)35(47-41(53)55-5)39(51)49-15-7-8-33(49)37-43-21-32(46-37)29-12-11-25-18-26(9-10-27(25)19-29)28-13-14-30-31(20-28)45-38(44-30)34-22-57-17-16-50(34)40(52)36(24(3)4)48-42(54)56-6/h9-14,18-21,23-24,33-36H,7-8,15-17,22H2,1-6H3,(H,43,46)(H,44,45)(H,47,53)(H,48,54). The van der Waals surface area contributed by atoms with Crippen LogP contribution in [0.25, 0.3) is 44.2 Å². The van der Waals surface area contributed by atoms with E-state index in [1.54, 1.807) is 4.90 Å². The van der Waals surface area contributed by atoms with Gasteiger partial charge in [0.2, 0.25) is 11.8 Å². The van der Waals surface area contributed by atoms with Crippen molar-refractivity contribution < 1.29 is 33.4 Å². The lowest BCUT2D eigenvalue weighted by molar-refractivity contribution is -0.143. The van der Waals surface area contributed by atoms with Crippen LogP contribution >= 0.6 is 0 Å². The van der Waals surface area contributed by atoms with Crippen LogP contribution < -0.4 is 10.6 Å². The first-order valence-electron chi connectivity index (χ1n) is 19.4. The first-order valence-corrected chi connectivity index (χ1v) is 19.4. The van der Waals surface area contributed by atoms with Crippen LogP contribution in [0.1, 0.15) is 64.3 Å². The highest BCUT2D eigenvalue weighted by Gasteiger charge is 2.38. The third kappa shape index (κ3) is 8.15. The van der Waals surface area contributed by atoms with Gasteiger partial charge in [-0.2, -0.15) is 0 Å². The number of imidazole rings is 2. The molecule has 2 saturated heterocycles. The average molecular weight is 779 g/mol. The second-order valence-electron chi connectivity index (χ2n) is 15.3. The molecule has 57 heavy (non-hydrogen) atoms. The fourth-order valence-electron chi connectivity index (χ4n) is 7.78. The van der Waals surface area contributed by atoms with Gasteiger partial charge in [0.25, 0.3) is 0 Å². The lowest BCUT2D eigenvalue weighted by Gasteiger charge is -2.37. The number of morpholine rings is 1. The summed E-state index contributed by atoms with van der Waals surface area (Å²) in [7, 11) is 2.57. The summed E-state index contributed by atoms with van der Waals surface area (Å²) >= 11 is 0. The van der Waals surface area contributed by atoms with E-state index in [1.165, 1.54) is 14.2 Å². The maximum Gasteiger partial charge on any atom is 0.407 e. The van der Waals surface area contributed by atoms with Gasteiger partial charge in [0, 0.05) is 18.7 Å². The van der Waals surface area contributed by atoms with Gasteiger partial charge >= 0.3 is 12.2 Å².